The van der Waals surface area contributed by atoms with Crippen LogP contribution in [0.3, 0.4) is 0 Å². The summed E-state index contributed by atoms with van der Waals surface area (Å²) in [5.41, 5.74) is 8.87. The van der Waals surface area contributed by atoms with Crippen molar-refractivity contribution in [2.45, 2.75) is 32.9 Å². The molecule has 0 heterocycles. The molecule has 1 aromatic rings. The van der Waals surface area contributed by atoms with E-state index in [4.69, 9.17) is 21.9 Å². The molecule has 1 rings (SSSR count). The first-order chi connectivity index (χ1) is 8.81. The second-order valence-corrected chi connectivity index (χ2v) is 5.24. The van der Waals surface area contributed by atoms with E-state index in [1.165, 1.54) is 0 Å². The highest BCUT2D eigenvalue weighted by molar-refractivity contribution is 6.33. The van der Waals surface area contributed by atoms with Crippen molar-refractivity contribution in [3.05, 3.63) is 39.2 Å². The van der Waals surface area contributed by atoms with Crippen molar-refractivity contribution in [2.24, 2.45) is 5.11 Å². The number of carbonyl (C=O) groups excluding carboxylic acids is 1. The second-order valence-electron chi connectivity index (χ2n) is 4.83. The Balaban J connectivity index is 2.74. The molecule has 0 saturated heterocycles. The number of carbonyl (C=O) groups is 1. The zero-order valence-electron chi connectivity index (χ0n) is 11.0. The van der Waals surface area contributed by atoms with Crippen LogP contribution < -0.4 is 5.32 Å². The average Bonchev–Trinajstić information content (AvgIpc) is 2.27. The molecule has 0 aliphatic heterocycles. The Kier molecular flexibility index (Phi) is 5.03. The van der Waals surface area contributed by atoms with Gasteiger partial charge in [0.25, 0.3) is 0 Å². The van der Waals surface area contributed by atoms with Gasteiger partial charge in [-0.15, -0.1) is 0 Å². The monoisotopic (exact) mass is 282 g/mol. The maximum absolute atomic E-state index is 11.6. The standard InChI is InChI=1S/C12H15ClN4O2/c1-12(2,3)19-11(18)16-10-5-4-8(6-9(10)13)7-15-17-14/h4-6H,7H2,1-3H3,(H,16,18). The summed E-state index contributed by atoms with van der Waals surface area (Å²) in [5, 5.41) is 6.34. The summed E-state index contributed by atoms with van der Waals surface area (Å²) in [6.07, 6.45) is -0.572. The first-order valence-electron chi connectivity index (χ1n) is 5.61. The summed E-state index contributed by atoms with van der Waals surface area (Å²) in [6.45, 7) is 5.54. The molecule has 1 amide bonds. The lowest BCUT2D eigenvalue weighted by atomic mass is 10.2. The Bertz CT molecular complexity index is 519. The van der Waals surface area contributed by atoms with Crippen LogP contribution in [0.5, 0.6) is 0 Å². The maximum atomic E-state index is 11.6. The third kappa shape index (κ3) is 5.50. The molecule has 7 heteroatoms. The molecule has 19 heavy (non-hydrogen) atoms. The molecule has 102 valence electrons. The first-order valence-corrected chi connectivity index (χ1v) is 5.99. The summed E-state index contributed by atoms with van der Waals surface area (Å²) in [6, 6.07) is 4.98. The van der Waals surface area contributed by atoms with Crippen LogP contribution in [0.1, 0.15) is 26.3 Å². The van der Waals surface area contributed by atoms with Gasteiger partial charge in [0.15, 0.2) is 0 Å². The van der Waals surface area contributed by atoms with Gasteiger partial charge < -0.3 is 4.74 Å². The lowest BCUT2D eigenvalue weighted by molar-refractivity contribution is 0.0636. The molecule has 0 saturated carbocycles. The van der Waals surface area contributed by atoms with Crippen molar-refractivity contribution in [1.82, 2.24) is 0 Å². The van der Waals surface area contributed by atoms with E-state index in [-0.39, 0.29) is 6.54 Å². The molecule has 0 aliphatic carbocycles. The Morgan fingerprint density at radius 3 is 2.74 bits per heavy atom. The summed E-state index contributed by atoms with van der Waals surface area (Å²) < 4.78 is 5.12. The molecular formula is C12H15ClN4O2. The third-order valence-corrected chi connectivity index (χ3v) is 2.30. The van der Waals surface area contributed by atoms with E-state index in [0.717, 1.165) is 5.56 Å². The summed E-state index contributed by atoms with van der Waals surface area (Å²) in [7, 11) is 0. The molecule has 0 atom stereocenters. The lowest BCUT2D eigenvalue weighted by Gasteiger charge is -2.20. The first kappa shape index (κ1) is 15.1. The van der Waals surface area contributed by atoms with E-state index in [1.807, 2.05) is 0 Å². The van der Waals surface area contributed by atoms with Crippen LogP contribution >= 0.6 is 11.6 Å². The van der Waals surface area contributed by atoms with Crippen LogP contribution in [0.15, 0.2) is 23.3 Å². The van der Waals surface area contributed by atoms with E-state index in [1.54, 1.807) is 39.0 Å². The van der Waals surface area contributed by atoms with Gasteiger partial charge in [-0.2, -0.15) is 0 Å². The van der Waals surface area contributed by atoms with E-state index in [0.29, 0.717) is 10.7 Å². The van der Waals surface area contributed by atoms with Gasteiger partial charge in [0.2, 0.25) is 0 Å². The number of rotatable bonds is 3. The van der Waals surface area contributed by atoms with Crippen LogP contribution in [0.25, 0.3) is 10.4 Å². The number of nitrogens with zero attached hydrogens (tertiary/aromatic N) is 3. The number of hydrogen-bond donors (Lipinski definition) is 1. The molecule has 0 bridgehead atoms. The highest BCUT2D eigenvalue weighted by atomic mass is 35.5. The van der Waals surface area contributed by atoms with Gasteiger partial charge in [-0.3, -0.25) is 5.32 Å². The topological polar surface area (TPSA) is 87.1 Å². The predicted octanol–water partition coefficient (Wildman–Crippen LogP) is 4.50. The molecule has 0 unspecified atom stereocenters. The van der Waals surface area contributed by atoms with Gasteiger partial charge in [0.1, 0.15) is 5.60 Å². The predicted molar refractivity (Wildman–Crippen MR) is 74.2 cm³/mol. The number of halogens is 1. The number of hydrogen-bond acceptors (Lipinski definition) is 3. The highest BCUT2D eigenvalue weighted by Crippen LogP contribution is 2.24. The van der Waals surface area contributed by atoms with Gasteiger partial charge >= 0.3 is 6.09 Å². The molecule has 0 fully saturated rings. The fourth-order valence-corrected chi connectivity index (χ4v) is 1.54. The summed E-state index contributed by atoms with van der Waals surface area (Å²) in [4.78, 5) is 14.2. The van der Waals surface area contributed by atoms with E-state index >= 15 is 0 Å². The second kappa shape index (κ2) is 6.31. The minimum atomic E-state index is -0.572. The minimum Gasteiger partial charge on any atom is -0.444 e. The highest BCUT2D eigenvalue weighted by Gasteiger charge is 2.16. The number of ether oxygens (including phenoxy) is 1. The molecule has 0 radical (unpaired) electrons. The number of amides is 1. The van der Waals surface area contributed by atoms with Gasteiger partial charge in [0.05, 0.1) is 17.3 Å². The Labute approximate surface area is 116 Å². The number of anilines is 1. The van der Waals surface area contributed by atoms with Crippen LogP contribution in [-0.2, 0) is 11.3 Å². The summed E-state index contributed by atoms with van der Waals surface area (Å²) >= 11 is 6.02. The largest absolute Gasteiger partial charge is 0.444 e. The zero-order valence-corrected chi connectivity index (χ0v) is 11.7. The van der Waals surface area contributed by atoms with Crippen molar-refractivity contribution in [3.8, 4) is 0 Å². The average molecular weight is 283 g/mol. The lowest BCUT2D eigenvalue weighted by Crippen LogP contribution is -2.27. The van der Waals surface area contributed by atoms with Crippen LogP contribution in [0, 0.1) is 0 Å². The van der Waals surface area contributed by atoms with E-state index < -0.39 is 11.7 Å². The smallest absolute Gasteiger partial charge is 0.412 e. The van der Waals surface area contributed by atoms with Gasteiger partial charge in [-0.25, -0.2) is 4.79 Å². The third-order valence-electron chi connectivity index (χ3n) is 1.99. The Hall–Kier alpha value is -1.91. The summed E-state index contributed by atoms with van der Waals surface area (Å²) in [5.74, 6) is 0. The van der Waals surface area contributed by atoms with Gasteiger partial charge in [-0.05, 0) is 44.0 Å². The number of nitrogens with one attached hydrogen (secondary N) is 1. The fourth-order valence-electron chi connectivity index (χ4n) is 1.29. The maximum Gasteiger partial charge on any atom is 0.412 e. The molecular weight excluding hydrogens is 268 g/mol. The molecule has 1 N–H and O–H groups in total. The fraction of sp³-hybridized carbons (Fsp3) is 0.417. The van der Waals surface area contributed by atoms with Crippen molar-refractivity contribution in [1.29, 1.82) is 0 Å². The number of benzene rings is 1. The van der Waals surface area contributed by atoms with Crippen molar-refractivity contribution >= 4 is 23.4 Å². The van der Waals surface area contributed by atoms with Crippen molar-refractivity contribution in [2.75, 3.05) is 5.32 Å². The van der Waals surface area contributed by atoms with Crippen LogP contribution in [0.4, 0.5) is 10.5 Å². The van der Waals surface area contributed by atoms with Gasteiger partial charge in [-0.1, -0.05) is 22.8 Å². The minimum absolute atomic E-state index is 0.211. The van der Waals surface area contributed by atoms with Crippen molar-refractivity contribution in [3.63, 3.8) is 0 Å². The SMILES string of the molecule is CC(C)(C)OC(=O)Nc1ccc(CN=[N+]=[N-])cc1Cl. The Morgan fingerprint density at radius 2 is 2.21 bits per heavy atom. The molecule has 6 nitrogen and oxygen atoms in total. The molecule has 0 aromatic heterocycles. The van der Waals surface area contributed by atoms with Crippen LogP contribution in [-0.4, -0.2) is 11.7 Å². The molecule has 0 spiro atoms. The van der Waals surface area contributed by atoms with Gasteiger partial charge in [0, 0.05) is 4.91 Å². The van der Waals surface area contributed by atoms with E-state index in [2.05, 4.69) is 15.3 Å². The quantitative estimate of drug-likeness (QED) is 0.503. The normalized spacial score (nSPS) is 10.5. The molecule has 0 aliphatic rings. The zero-order chi connectivity index (χ0) is 14.5. The van der Waals surface area contributed by atoms with Crippen LogP contribution in [0.2, 0.25) is 5.02 Å². The molecule has 1 aromatic carbocycles. The Morgan fingerprint density at radius 1 is 1.53 bits per heavy atom. The van der Waals surface area contributed by atoms with Crippen molar-refractivity contribution < 1.29 is 9.53 Å². The van der Waals surface area contributed by atoms with E-state index in [9.17, 15) is 4.79 Å². The number of azide groups is 1.